The van der Waals surface area contributed by atoms with E-state index in [9.17, 15) is 31.1 Å². The molecule has 42 heavy (non-hydrogen) atoms. The average Bonchev–Trinajstić information content (AvgIpc) is 3.43. The molecule has 1 aromatic heterocycles. The lowest BCUT2D eigenvalue weighted by Crippen LogP contribution is -2.40. The van der Waals surface area contributed by atoms with E-state index in [4.69, 9.17) is 12.2 Å². The molecule has 0 aliphatic heterocycles. The van der Waals surface area contributed by atoms with Gasteiger partial charge < -0.3 is 10.6 Å². The second-order valence-electron chi connectivity index (χ2n) is 9.44. The van der Waals surface area contributed by atoms with Crippen molar-refractivity contribution in [3.8, 4) is 17.1 Å². The first kappa shape index (κ1) is 30.5. The molecule has 0 saturated heterocycles. The smallest absolute Gasteiger partial charge is 0.332 e. The molecule has 1 atom stereocenters. The quantitative estimate of drug-likeness (QED) is 0.148. The molecule has 220 valence electrons. The van der Waals surface area contributed by atoms with Gasteiger partial charge in [0.05, 0.1) is 5.69 Å². The number of hydrogen-bond acceptors (Lipinski definition) is 4. The molecular weight excluding hydrogens is 582 g/mol. The number of carbonyl (C=O) groups excluding carboxylic acids is 1. The highest BCUT2D eigenvalue weighted by Gasteiger charge is 2.63. The number of thiocarbonyl (C=S) groups is 1. The van der Waals surface area contributed by atoms with Gasteiger partial charge in [-0.25, -0.2) is 18.9 Å². The van der Waals surface area contributed by atoms with E-state index in [1.54, 1.807) is 24.3 Å². The number of rotatable bonds is 7. The summed E-state index contributed by atoms with van der Waals surface area (Å²) in [5.41, 5.74) is 2.28. The van der Waals surface area contributed by atoms with Crippen molar-refractivity contribution in [2.45, 2.75) is 38.0 Å². The number of nitrogens with zero attached hydrogens (tertiary/aromatic N) is 3. The normalized spacial score (nSPS) is 12.6. The molecule has 0 fully saturated rings. The zero-order chi connectivity index (χ0) is 30.7. The summed E-state index contributed by atoms with van der Waals surface area (Å²) in [6, 6.07) is 17.5. The fraction of sp³-hybridized carbons (Fsp3) is 0.214. The summed E-state index contributed by atoms with van der Waals surface area (Å²) in [6.45, 7) is 4.09. The Hall–Kier alpha value is -4.46. The van der Waals surface area contributed by atoms with Crippen molar-refractivity contribution in [2.24, 2.45) is 0 Å². The number of urea groups is 1. The fourth-order valence-electron chi connectivity index (χ4n) is 3.90. The Morgan fingerprint density at radius 2 is 1.55 bits per heavy atom. The number of carbonyl (C=O) groups is 1. The van der Waals surface area contributed by atoms with E-state index in [-0.39, 0.29) is 22.5 Å². The van der Waals surface area contributed by atoms with Gasteiger partial charge in [0.2, 0.25) is 0 Å². The molecule has 3 aromatic carbocycles. The minimum Gasteiger partial charge on any atom is -0.332 e. The second kappa shape index (κ2) is 12.2. The first-order valence-electron chi connectivity index (χ1n) is 12.4. The summed E-state index contributed by atoms with van der Waals surface area (Å²) in [6.07, 6.45) is -8.28. The third-order valence-corrected chi connectivity index (χ3v) is 6.30. The third-order valence-electron chi connectivity index (χ3n) is 6.10. The van der Waals surface area contributed by atoms with Gasteiger partial charge in [-0.15, -0.1) is 5.10 Å². The van der Waals surface area contributed by atoms with Crippen LogP contribution in [0.1, 0.15) is 37.1 Å². The number of hydrogen-bond donors (Lipinski definition) is 3. The number of para-hydroxylation sites is 1. The van der Waals surface area contributed by atoms with E-state index < -0.39 is 29.9 Å². The number of amides is 2. The first-order chi connectivity index (χ1) is 19.8. The molecule has 0 aliphatic rings. The van der Waals surface area contributed by atoms with E-state index in [0.29, 0.717) is 11.3 Å². The number of nitrogens with one attached hydrogen (secondary N) is 3. The van der Waals surface area contributed by atoms with Crippen molar-refractivity contribution >= 4 is 34.7 Å². The maximum atomic E-state index is 13.9. The third kappa shape index (κ3) is 6.87. The topological polar surface area (TPSA) is 83.9 Å². The van der Waals surface area contributed by atoms with E-state index in [0.717, 1.165) is 35.5 Å². The van der Waals surface area contributed by atoms with Crippen LogP contribution in [-0.4, -0.2) is 38.0 Å². The van der Waals surface area contributed by atoms with Gasteiger partial charge in [-0.2, -0.15) is 22.0 Å². The number of aromatic nitrogens is 3. The Morgan fingerprint density at radius 3 is 2.17 bits per heavy atom. The predicted molar refractivity (Wildman–Crippen MR) is 151 cm³/mol. The van der Waals surface area contributed by atoms with E-state index in [1.165, 1.54) is 11.0 Å². The molecule has 0 bridgehead atoms. The van der Waals surface area contributed by atoms with Crippen LogP contribution >= 0.6 is 12.2 Å². The molecule has 0 saturated carbocycles. The van der Waals surface area contributed by atoms with Gasteiger partial charge in [0.25, 0.3) is 0 Å². The summed E-state index contributed by atoms with van der Waals surface area (Å²) in [4.78, 5) is 16.6. The molecule has 1 unspecified atom stereocenters. The van der Waals surface area contributed by atoms with Crippen molar-refractivity contribution in [1.82, 2.24) is 20.1 Å². The fourth-order valence-corrected chi connectivity index (χ4v) is 4.11. The molecule has 0 radical (unpaired) electrons. The van der Waals surface area contributed by atoms with Crippen LogP contribution in [0.4, 0.5) is 42.5 Å². The van der Waals surface area contributed by atoms with E-state index in [1.807, 2.05) is 38.1 Å². The molecule has 7 nitrogen and oxygen atoms in total. The summed E-state index contributed by atoms with van der Waals surface area (Å²) >= 11 is 5.25. The highest BCUT2D eigenvalue weighted by atomic mass is 32.1. The lowest BCUT2D eigenvalue weighted by molar-refractivity contribution is -0.305. The Bertz CT molecular complexity index is 1550. The van der Waals surface area contributed by atoms with Crippen LogP contribution in [-0.2, 0) is 0 Å². The summed E-state index contributed by atoms with van der Waals surface area (Å²) in [7, 11) is 0. The maximum Gasteiger partial charge on any atom is 0.456 e. The predicted octanol–water partition coefficient (Wildman–Crippen LogP) is 7.78. The van der Waals surface area contributed by atoms with Crippen molar-refractivity contribution in [3.63, 3.8) is 0 Å². The number of halogens is 6. The SMILES string of the molecule is CC(C)c1ccccc1NC(=S)NC(=O)Nc1ccc(-c2ncn(-c3ccc(C(F)C(F)(F)C(F)(F)F)cc3)n2)cc1. The Labute approximate surface area is 242 Å². The van der Waals surface area contributed by atoms with Gasteiger partial charge >= 0.3 is 18.1 Å². The van der Waals surface area contributed by atoms with Gasteiger partial charge in [0.15, 0.2) is 17.1 Å². The second-order valence-corrected chi connectivity index (χ2v) is 9.85. The molecule has 0 spiro atoms. The molecular formula is C28H24F6N6OS. The first-order valence-corrected chi connectivity index (χ1v) is 12.9. The van der Waals surface area contributed by atoms with E-state index >= 15 is 0 Å². The van der Waals surface area contributed by atoms with Crippen LogP contribution in [0.2, 0.25) is 0 Å². The largest absolute Gasteiger partial charge is 0.456 e. The lowest BCUT2D eigenvalue weighted by Gasteiger charge is -2.23. The minimum absolute atomic E-state index is 0.121. The van der Waals surface area contributed by atoms with Gasteiger partial charge in [0.1, 0.15) is 6.33 Å². The monoisotopic (exact) mass is 606 g/mol. The molecule has 1 heterocycles. The van der Waals surface area contributed by atoms with Crippen molar-refractivity contribution in [3.05, 3.63) is 90.3 Å². The summed E-state index contributed by atoms with van der Waals surface area (Å²) < 4.78 is 79.3. The van der Waals surface area contributed by atoms with Crippen molar-refractivity contribution in [2.75, 3.05) is 10.6 Å². The zero-order valence-corrected chi connectivity index (χ0v) is 22.9. The Balaban J connectivity index is 1.36. The summed E-state index contributed by atoms with van der Waals surface area (Å²) in [5, 5.41) is 12.6. The molecule has 2 amide bonds. The molecule has 4 aromatic rings. The van der Waals surface area contributed by atoms with E-state index in [2.05, 4.69) is 26.0 Å². The standard InChI is InChI=1S/C28H24F6N6OS/c1-16(2)21-5-3-4-6-22(21)37-26(42)38-25(41)36-19-11-7-18(8-12-19)24-35-15-40(39-24)20-13-9-17(10-14-20)23(29)27(30,31)28(32,33)34/h3-16,23H,1-2H3,(H3,36,37,38,41,42). The van der Waals surface area contributed by atoms with Crippen LogP contribution < -0.4 is 16.0 Å². The Kier molecular flexibility index (Phi) is 8.85. The highest BCUT2D eigenvalue weighted by molar-refractivity contribution is 7.80. The number of anilines is 2. The van der Waals surface area contributed by atoms with Crippen molar-refractivity contribution in [1.29, 1.82) is 0 Å². The van der Waals surface area contributed by atoms with Crippen LogP contribution in [0, 0.1) is 0 Å². The molecule has 3 N–H and O–H groups in total. The number of benzene rings is 3. The van der Waals surface area contributed by atoms with Gasteiger partial charge in [-0.05, 0) is 71.7 Å². The average molecular weight is 607 g/mol. The molecule has 14 heteroatoms. The van der Waals surface area contributed by atoms with Gasteiger partial charge in [-0.1, -0.05) is 44.2 Å². The lowest BCUT2D eigenvalue weighted by atomic mass is 10.0. The Morgan fingerprint density at radius 1 is 0.905 bits per heavy atom. The van der Waals surface area contributed by atoms with Gasteiger partial charge in [0, 0.05) is 16.9 Å². The van der Waals surface area contributed by atoms with Crippen LogP contribution in [0.3, 0.4) is 0 Å². The van der Waals surface area contributed by atoms with Crippen LogP contribution in [0.5, 0.6) is 0 Å². The van der Waals surface area contributed by atoms with Crippen molar-refractivity contribution < 1.29 is 31.1 Å². The highest BCUT2D eigenvalue weighted by Crippen LogP contribution is 2.46. The molecule has 0 aliphatic carbocycles. The minimum atomic E-state index is -6.02. The zero-order valence-electron chi connectivity index (χ0n) is 22.1. The maximum absolute atomic E-state index is 13.9. The summed E-state index contributed by atoms with van der Waals surface area (Å²) in [5.74, 6) is -5.02. The van der Waals surface area contributed by atoms with Crippen LogP contribution in [0.15, 0.2) is 79.1 Å². The van der Waals surface area contributed by atoms with Gasteiger partial charge in [-0.3, -0.25) is 5.32 Å². The number of alkyl halides is 6. The van der Waals surface area contributed by atoms with Crippen LogP contribution in [0.25, 0.3) is 17.1 Å². The molecule has 4 rings (SSSR count).